The molecule has 2 heterocycles. The molecular formula is C24H21ClF2N2O4. The van der Waals surface area contributed by atoms with Crippen LogP contribution in [0.15, 0.2) is 47.3 Å². The molecule has 1 N–H and O–H groups in total. The van der Waals surface area contributed by atoms with Crippen LogP contribution < -0.4 is 10.3 Å². The average molecular weight is 475 g/mol. The summed E-state index contributed by atoms with van der Waals surface area (Å²) in [5.41, 5.74) is 2.79. The standard InChI is InChI=1S/C24H21ClF2N2O4/c1-14-8-21(33-13-17-2-4-18(26)10-20(17)27)23(25)24(32)29(14)19-5-3-16-11-28(22(31)12-30)7-6-15(16)9-19/h2-5,8-10,30H,6-7,11-13H2,1H3. The third-order valence-electron chi connectivity index (χ3n) is 5.65. The number of carbonyl (C=O) groups is 1. The number of pyridine rings is 1. The molecule has 0 bridgehead atoms. The SMILES string of the molecule is Cc1cc(OCc2ccc(F)cc2F)c(Cl)c(=O)n1-c1ccc2c(c1)CCN(C(=O)CO)C2. The summed E-state index contributed by atoms with van der Waals surface area (Å²) in [6.07, 6.45) is 0.598. The zero-order chi connectivity index (χ0) is 23.7. The molecule has 0 radical (unpaired) electrons. The smallest absolute Gasteiger partial charge is 0.277 e. The lowest BCUT2D eigenvalue weighted by Gasteiger charge is -2.29. The molecule has 4 rings (SSSR count). The third-order valence-corrected chi connectivity index (χ3v) is 5.99. The highest BCUT2D eigenvalue weighted by molar-refractivity contribution is 6.31. The molecule has 0 atom stereocenters. The molecule has 33 heavy (non-hydrogen) atoms. The van der Waals surface area contributed by atoms with E-state index in [0.717, 1.165) is 23.3 Å². The lowest BCUT2D eigenvalue weighted by molar-refractivity contribution is -0.135. The Hall–Kier alpha value is -3.23. The summed E-state index contributed by atoms with van der Waals surface area (Å²) < 4.78 is 34.0. The van der Waals surface area contributed by atoms with E-state index in [1.807, 2.05) is 12.1 Å². The van der Waals surface area contributed by atoms with Crippen LogP contribution in [0.4, 0.5) is 8.78 Å². The number of aryl methyl sites for hydroxylation is 1. The summed E-state index contributed by atoms with van der Waals surface area (Å²) in [5, 5.41) is 8.93. The van der Waals surface area contributed by atoms with Gasteiger partial charge in [0.1, 0.15) is 35.6 Å². The van der Waals surface area contributed by atoms with Crippen molar-refractivity contribution in [2.24, 2.45) is 0 Å². The first kappa shape index (κ1) is 22.9. The van der Waals surface area contributed by atoms with E-state index in [-0.39, 0.29) is 28.8 Å². The second-order valence-electron chi connectivity index (χ2n) is 7.81. The Balaban J connectivity index is 1.60. The summed E-state index contributed by atoms with van der Waals surface area (Å²) in [6.45, 7) is 1.87. The van der Waals surface area contributed by atoms with Gasteiger partial charge in [-0.15, -0.1) is 0 Å². The molecule has 1 aliphatic heterocycles. The maximum Gasteiger partial charge on any atom is 0.277 e. The molecule has 0 spiro atoms. The number of carbonyl (C=O) groups excluding carboxylic acids is 1. The van der Waals surface area contributed by atoms with Gasteiger partial charge in [0.15, 0.2) is 0 Å². The maximum absolute atomic E-state index is 13.9. The van der Waals surface area contributed by atoms with Crippen molar-refractivity contribution in [1.82, 2.24) is 9.47 Å². The van der Waals surface area contributed by atoms with Gasteiger partial charge in [0.2, 0.25) is 5.91 Å². The van der Waals surface area contributed by atoms with Crippen molar-refractivity contribution >= 4 is 17.5 Å². The summed E-state index contributed by atoms with van der Waals surface area (Å²) in [4.78, 5) is 26.4. The Morgan fingerprint density at radius 3 is 2.67 bits per heavy atom. The number of aliphatic hydroxyl groups is 1. The van der Waals surface area contributed by atoms with Crippen molar-refractivity contribution in [3.05, 3.63) is 91.9 Å². The van der Waals surface area contributed by atoms with Crippen molar-refractivity contribution in [2.75, 3.05) is 13.2 Å². The van der Waals surface area contributed by atoms with Crippen molar-refractivity contribution in [2.45, 2.75) is 26.5 Å². The molecule has 0 aliphatic carbocycles. The van der Waals surface area contributed by atoms with E-state index < -0.39 is 23.8 Å². The Morgan fingerprint density at radius 1 is 1.15 bits per heavy atom. The van der Waals surface area contributed by atoms with Crippen molar-refractivity contribution < 1.29 is 23.4 Å². The van der Waals surface area contributed by atoms with Crippen LogP contribution in [0.1, 0.15) is 22.4 Å². The Kier molecular flexibility index (Phi) is 6.49. The fourth-order valence-electron chi connectivity index (χ4n) is 3.89. The third kappa shape index (κ3) is 4.62. The number of halogens is 3. The van der Waals surface area contributed by atoms with Gasteiger partial charge in [-0.2, -0.15) is 0 Å². The number of ether oxygens (including phenoxy) is 1. The first-order valence-corrected chi connectivity index (χ1v) is 10.7. The topological polar surface area (TPSA) is 71.8 Å². The Labute approximate surface area is 193 Å². The molecule has 1 amide bonds. The largest absolute Gasteiger partial charge is 0.487 e. The molecule has 0 unspecified atom stereocenters. The number of benzene rings is 2. The number of hydrogen-bond acceptors (Lipinski definition) is 4. The zero-order valence-electron chi connectivity index (χ0n) is 17.8. The monoisotopic (exact) mass is 474 g/mol. The highest BCUT2D eigenvalue weighted by Gasteiger charge is 2.21. The molecule has 0 saturated carbocycles. The van der Waals surface area contributed by atoms with Crippen molar-refractivity contribution in [1.29, 1.82) is 0 Å². The number of amides is 1. The van der Waals surface area contributed by atoms with Gasteiger partial charge in [-0.05, 0) is 48.7 Å². The van der Waals surface area contributed by atoms with Gasteiger partial charge in [-0.1, -0.05) is 17.7 Å². The lowest BCUT2D eigenvalue weighted by Crippen LogP contribution is -2.37. The second-order valence-corrected chi connectivity index (χ2v) is 8.18. The molecule has 6 nitrogen and oxygen atoms in total. The van der Waals surface area contributed by atoms with Crippen LogP contribution in [0, 0.1) is 18.6 Å². The Morgan fingerprint density at radius 2 is 1.94 bits per heavy atom. The van der Waals surface area contributed by atoms with Gasteiger partial charge in [0.05, 0.1) is 0 Å². The number of aromatic nitrogens is 1. The second kappa shape index (κ2) is 9.33. The number of fused-ring (bicyclic) bond motifs is 1. The van der Waals surface area contributed by atoms with E-state index >= 15 is 0 Å². The van der Waals surface area contributed by atoms with Crippen LogP contribution in [-0.2, 0) is 24.4 Å². The molecule has 1 aromatic heterocycles. The molecule has 9 heteroatoms. The summed E-state index contributed by atoms with van der Waals surface area (Å²) in [7, 11) is 0. The minimum absolute atomic E-state index is 0.107. The van der Waals surface area contributed by atoms with Crippen molar-refractivity contribution in [3.8, 4) is 11.4 Å². The fraction of sp³-hybridized carbons (Fsp3) is 0.250. The predicted octanol–water partition coefficient (Wildman–Crippen LogP) is 3.53. The number of hydrogen-bond donors (Lipinski definition) is 1. The predicted molar refractivity (Wildman–Crippen MR) is 119 cm³/mol. The minimum atomic E-state index is -0.746. The number of rotatable bonds is 5. The van der Waals surface area contributed by atoms with Gasteiger partial charge < -0.3 is 14.7 Å². The van der Waals surface area contributed by atoms with Gasteiger partial charge in [-0.25, -0.2) is 8.78 Å². The highest BCUT2D eigenvalue weighted by atomic mass is 35.5. The molecule has 0 saturated heterocycles. The van der Waals surface area contributed by atoms with Crippen LogP contribution in [0.3, 0.4) is 0 Å². The Bertz CT molecular complexity index is 1290. The van der Waals surface area contributed by atoms with Crippen LogP contribution in [0.2, 0.25) is 5.02 Å². The molecule has 1 aliphatic rings. The lowest BCUT2D eigenvalue weighted by atomic mass is 9.98. The van der Waals surface area contributed by atoms with Gasteiger partial charge in [0.25, 0.3) is 5.56 Å². The maximum atomic E-state index is 13.9. The van der Waals surface area contributed by atoms with E-state index in [1.54, 1.807) is 24.0 Å². The van der Waals surface area contributed by atoms with Gasteiger partial charge in [0, 0.05) is 42.2 Å². The fourth-order valence-corrected chi connectivity index (χ4v) is 4.09. The van der Waals surface area contributed by atoms with Crippen molar-refractivity contribution in [3.63, 3.8) is 0 Å². The average Bonchev–Trinajstić information content (AvgIpc) is 2.80. The van der Waals surface area contributed by atoms with E-state index in [1.165, 1.54) is 10.6 Å². The number of nitrogens with zero attached hydrogens (tertiary/aromatic N) is 2. The van der Waals surface area contributed by atoms with Gasteiger partial charge in [-0.3, -0.25) is 14.2 Å². The molecule has 3 aromatic rings. The summed E-state index contributed by atoms with van der Waals surface area (Å²) in [6, 6.07) is 10.3. The quantitative estimate of drug-likeness (QED) is 0.614. The minimum Gasteiger partial charge on any atom is -0.487 e. The van der Waals surface area contributed by atoms with Crippen LogP contribution in [0.5, 0.6) is 5.75 Å². The van der Waals surface area contributed by atoms with E-state index in [0.29, 0.717) is 30.9 Å². The van der Waals surface area contributed by atoms with E-state index in [9.17, 15) is 18.4 Å². The van der Waals surface area contributed by atoms with Crippen LogP contribution in [0.25, 0.3) is 5.69 Å². The highest BCUT2D eigenvalue weighted by Crippen LogP contribution is 2.27. The molecule has 172 valence electrons. The van der Waals surface area contributed by atoms with E-state index in [4.69, 9.17) is 21.4 Å². The van der Waals surface area contributed by atoms with Crippen LogP contribution >= 0.6 is 11.6 Å². The molecule has 2 aromatic carbocycles. The normalized spacial score (nSPS) is 13.1. The first-order chi connectivity index (χ1) is 15.8. The summed E-state index contributed by atoms with van der Waals surface area (Å²) in [5.74, 6) is -1.65. The van der Waals surface area contributed by atoms with Crippen LogP contribution in [-0.4, -0.2) is 33.6 Å². The first-order valence-electron chi connectivity index (χ1n) is 10.3. The number of aliphatic hydroxyl groups excluding tert-OH is 1. The zero-order valence-corrected chi connectivity index (χ0v) is 18.5. The van der Waals surface area contributed by atoms with E-state index in [2.05, 4.69) is 0 Å². The summed E-state index contributed by atoms with van der Waals surface area (Å²) >= 11 is 6.28. The van der Waals surface area contributed by atoms with Gasteiger partial charge >= 0.3 is 0 Å². The molecule has 0 fully saturated rings. The molecular weight excluding hydrogens is 454 g/mol.